The smallest absolute Gasteiger partial charge is 0.208 e. The van der Waals surface area contributed by atoms with E-state index in [9.17, 15) is 8.42 Å². The van der Waals surface area contributed by atoms with Crippen LogP contribution in [0.4, 0.5) is 0 Å². The standard InChI is InChI=1S/C12H17N3O3S/c1-18-12-4-3-10(8-13)7-11(12)9-14-5-6-15-19(2,16)17/h3-4,7,14-15H,5-6,9H2,1-2H3. The summed E-state index contributed by atoms with van der Waals surface area (Å²) in [6.07, 6.45) is 1.12. The Hall–Kier alpha value is -1.62. The highest BCUT2D eigenvalue weighted by molar-refractivity contribution is 7.88. The van der Waals surface area contributed by atoms with Crippen molar-refractivity contribution in [2.45, 2.75) is 6.54 Å². The zero-order chi connectivity index (χ0) is 14.3. The van der Waals surface area contributed by atoms with Crippen molar-refractivity contribution >= 4 is 10.0 Å². The van der Waals surface area contributed by atoms with Crippen molar-refractivity contribution in [1.29, 1.82) is 5.26 Å². The van der Waals surface area contributed by atoms with E-state index in [1.807, 2.05) is 0 Å². The second kappa shape index (κ2) is 7.09. The molecule has 1 rings (SSSR count). The summed E-state index contributed by atoms with van der Waals surface area (Å²) < 4.78 is 29.3. The van der Waals surface area contributed by atoms with E-state index in [-0.39, 0.29) is 0 Å². The normalized spacial score (nSPS) is 11.0. The van der Waals surface area contributed by atoms with Crippen LogP contribution in [0.3, 0.4) is 0 Å². The molecule has 0 spiro atoms. The van der Waals surface area contributed by atoms with Gasteiger partial charge in [0.15, 0.2) is 0 Å². The summed E-state index contributed by atoms with van der Waals surface area (Å²) in [6, 6.07) is 7.24. The molecule has 0 fully saturated rings. The predicted molar refractivity (Wildman–Crippen MR) is 72.3 cm³/mol. The molecule has 0 heterocycles. The Balaban J connectivity index is 2.51. The first-order valence-corrected chi connectivity index (χ1v) is 7.58. The Morgan fingerprint density at radius 1 is 1.37 bits per heavy atom. The Morgan fingerprint density at radius 2 is 2.11 bits per heavy atom. The number of ether oxygens (including phenoxy) is 1. The molecule has 2 N–H and O–H groups in total. The lowest BCUT2D eigenvalue weighted by molar-refractivity contribution is 0.407. The maximum Gasteiger partial charge on any atom is 0.208 e. The first-order chi connectivity index (χ1) is 8.96. The molecule has 1 aromatic carbocycles. The quantitative estimate of drug-likeness (QED) is 0.698. The fraction of sp³-hybridized carbons (Fsp3) is 0.417. The molecular weight excluding hydrogens is 266 g/mol. The average molecular weight is 283 g/mol. The number of rotatable bonds is 7. The monoisotopic (exact) mass is 283 g/mol. The molecule has 7 heteroatoms. The first kappa shape index (κ1) is 15.4. The molecule has 0 unspecified atom stereocenters. The van der Waals surface area contributed by atoms with Crippen LogP contribution in [-0.4, -0.2) is 34.9 Å². The van der Waals surface area contributed by atoms with Gasteiger partial charge in [-0.3, -0.25) is 0 Å². The van der Waals surface area contributed by atoms with Crippen molar-refractivity contribution < 1.29 is 13.2 Å². The van der Waals surface area contributed by atoms with Gasteiger partial charge in [0, 0.05) is 25.2 Å². The van der Waals surface area contributed by atoms with Crippen LogP contribution >= 0.6 is 0 Å². The highest BCUT2D eigenvalue weighted by Crippen LogP contribution is 2.19. The zero-order valence-electron chi connectivity index (χ0n) is 10.9. The van der Waals surface area contributed by atoms with Crippen molar-refractivity contribution in [1.82, 2.24) is 10.0 Å². The zero-order valence-corrected chi connectivity index (χ0v) is 11.8. The molecule has 6 nitrogen and oxygen atoms in total. The molecule has 0 aliphatic carbocycles. The lowest BCUT2D eigenvalue weighted by Crippen LogP contribution is -2.30. The van der Waals surface area contributed by atoms with Crippen LogP contribution in [0, 0.1) is 11.3 Å². The third-order valence-corrected chi connectivity index (χ3v) is 3.12. The van der Waals surface area contributed by atoms with E-state index in [0.29, 0.717) is 30.9 Å². The van der Waals surface area contributed by atoms with Crippen LogP contribution in [0.25, 0.3) is 0 Å². The molecule has 1 aromatic rings. The van der Waals surface area contributed by atoms with Gasteiger partial charge in [-0.2, -0.15) is 5.26 Å². The van der Waals surface area contributed by atoms with Crippen LogP contribution in [-0.2, 0) is 16.6 Å². The molecule has 104 valence electrons. The number of hydrogen-bond acceptors (Lipinski definition) is 5. The Morgan fingerprint density at radius 3 is 2.68 bits per heavy atom. The lowest BCUT2D eigenvalue weighted by atomic mass is 10.1. The Bertz CT molecular complexity index is 564. The van der Waals surface area contributed by atoms with Gasteiger partial charge in [0.1, 0.15) is 5.75 Å². The predicted octanol–water partition coefficient (Wildman–Crippen LogP) is 0.206. The van der Waals surface area contributed by atoms with Gasteiger partial charge in [0.2, 0.25) is 10.0 Å². The third-order valence-electron chi connectivity index (χ3n) is 2.39. The van der Waals surface area contributed by atoms with E-state index in [4.69, 9.17) is 10.00 Å². The summed E-state index contributed by atoms with van der Waals surface area (Å²) in [4.78, 5) is 0. The van der Waals surface area contributed by atoms with Crippen LogP contribution in [0.2, 0.25) is 0 Å². The maximum absolute atomic E-state index is 10.9. The van der Waals surface area contributed by atoms with E-state index in [1.165, 1.54) is 0 Å². The number of nitriles is 1. The van der Waals surface area contributed by atoms with Crippen molar-refractivity contribution in [3.05, 3.63) is 29.3 Å². The fourth-order valence-corrected chi connectivity index (χ4v) is 2.01. The number of nitrogens with zero attached hydrogens (tertiary/aromatic N) is 1. The van der Waals surface area contributed by atoms with Crippen molar-refractivity contribution in [3.8, 4) is 11.8 Å². The molecule has 0 aliphatic rings. The number of nitrogens with one attached hydrogen (secondary N) is 2. The number of sulfonamides is 1. The first-order valence-electron chi connectivity index (χ1n) is 5.68. The molecule has 0 saturated heterocycles. The molecule has 0 atom stereocenters. The van der Waals surface area contributed by atoms with Gasteiger partial charge < -0.3 is 10.1 Å². The van der Waals surface area contributed by atoms with E-state index in [2.05, 4.69) is 16.1 Å². The second-order valence-corrected chi connectivity index (χ2v) is 5.81. The van der Waals surface area contributed by atoms with E-state index >= 15 is 0 Å². The molecule has 0 saturated carbocycles. The summed E-state index contributed by atoms with van der Waals surface area (Å²) in [6.45, 7) is 1.32. The Kier molecular flexibility index (Phi) is 5.76. The summed E-state index contributed by atoms with van der Waals surface area (Å²) in [5, 5.41) is 11.9. The fourth-order valence-electron chi connectivity index (χ4n) is 1.53. The largest absolute Gasteiger partial charge is 0.496 e. The molecule has 0 amide bonds. The number of benzene rings is 1. The van der Waals surface area contributed by atoms with Crippen LogP contribution in [0.5, 0.6) is 5.75 Å². The SMILES string of the molecule is COc1ccc(C#N)cc1CNCCNS(C)(=O)=O. The highest BCUT2D eigenvalue weighted by Gasteiger charge is 2.04. The van der Waals surface area contributed by atoms with Crippen LogP contribution in [0.1, 0.15) is 11.1 Å². The second-order valence-electron chi connectivity index (χ2n) is 3.98. The molecule has 19 heavy (non-hydrogen) atoms. The van der Waals surface area contributed by atoms with Gasteiger partial charge >= 0.3 is 0 Å². The maximum atomic E-state index is 10.9. The highest BCUT2D eigenvalue weighted by atomic mass is 32.2. The van der Waals surface area contributed by atoms with Gasteiger partial charge in [0.05, 0.1) is 25.0 Å². The molecule has 0 aromatic heterocycles. The van der Waals surface area contributed by atoms with Crippen LogP contribution < -0.4 is 14.8 Å². The van der Waals surface area contributed by atoms with Crippen LogP contribution in [0.15, 0.2) is 18.2 Å². The van der Waals surface area contributed by atoms with Gasteiger partial charge in [0.25, 0.3) is 0 Å². The van der Waals surface area contributed by atoms with E-state index in [0.717, 1.165) is 11.8 Å². The van der Waals surface area contributed by atoms with Gasteiger partial charge in [-0.1, -0.05) is 0 Å². The summed E-state index contributed by atoms with van der Waals surface area (Å²) in [5.74, 6) is 0.697. The topological polar surface area (TPSA) is 91.2 Å². The molecule has 0 bridgehead atoms. The minimum atomic E-state index is -3.15. The van der Waals surface area contributed by atoms with Crippen molar-refractivity contribution in [2.24, 2.45) is 0 Å². The van der Waals surface area contributed by atoms with Crippen molar-refractivity contribution in [2.75, 3.05) is 26.5 Å². The number of methoxy groups -OCH3 is 1. The van der Waals surface area contributed by atoms with E-state index < -0.39 is 10.0 Å². The number of hydrogen-bond donors (Lipinski definition) is 2. The molecular formula is C12H17N3O3S. The molecule has 0 radical (unpaired) electrons. The van der Waals surface area contributed by atoms with Gasteiger partial charge in [-0.25, -0.2) is 13.1 Å². The minimum Gasteiger partial charge on any atom is -0.496 e. The Labute approximate surface area is 113 Å². The lowest BCUT2D eigenvalue weighted by Gasteiger charge is -2.10. The molecule has 0 aliphatic heterocycles. The van der Waals surface area contributed by atoms with Gasteiger partial charge in [-0.05, 0) is 18.2 Å². The summed E-state index contributed by atoms with van der Waals surface area (Å²) in [7, 11) is -1.58. The van der Waals surface area contributed by atoms with Gasteiger partial charge in [-0.15, -0.1) is 0 Å². The average Bonchev–Trinajstić information content (AvgIpc) is 2.36. The van der Waals surface area contributed by atoms with E-state index in [1.54, 1.807) is 25.3 Å². The summed E-state index contributed by atoms with van der Waals surface area (Å²) in [5.41, 5.74) is 1.42. The minimum absolute atomic E-state index is 0.319. The summed E-state index contributed by atoms with van der Waals surface area (Å²) >= 11 is 0. The van der Waals surface area contributed by atoms with Crippen molar-refractivity contribution in [3.63, 3.8) is 0 Å². The third kappa shape index (κ3) is 5.70.